The van der Waals surface area contributed by atoms with Crippen molar-refractivity contribution in [3.05, 3.63) is 0 Å². The molecular weight excluding hydrogens is 271 g/mol. The number of rotatable bonds is 1. The van der Waals surface area contributed by atoms with Crippen molar-refractivity contribution in [2.45, 2.75) is 13.8 Å². The second-order valence-electron chi connectivity index (χ2n) is 1.38. The maximum Gasteiger partial charge on any atom is 1.00 e. The van der Waals surface area contributed by atoms with Crippen LogP contribution in [0.1, 0.15) is 13.8 Å². The molecule has 1 N–H and O–H groups in total. The van der Waals surface area contributed by atoms with Crippen LogP contribution in [0.25, 0.3) is 0 Å². The summed E-state index contributed by atoms with van der Waals surface area (Å²) >= 11 is 12.6. The first-order valence-electron chi connectivity index (χ1n) is 2.80. The van der Waals surface area contributed by atoms with Crippen LogP contribution in [0.5, 0.6) is 0 Å². The van der Waals surface area contributed by atoms with E-state index < -0.39 is 0 Å². The third-order valence-electron chi connectivity index (χ3n) is 0.262. The van der Waals surface area contributed by atoms with Gasteiger partial charge in [0, 0.05) is 13.8 Å². The standard InChI is InChI=1S/C3H5NOS.C2H3ClO.CHNS.K/c1-3(5)4-2-6;1-2(3)4;2-1-3;/h2H,1H3,(H,4,5,6);1H3;3H;/q;;;+1/p-1. The monoisotopic (exact) mass is 278 g/mol. The molecule has 0 radical (unpaired) electrons. The molecule has 4 nitrogen and oxygen atoms in total. The van der Waals surface area contributed by atoms with Crippen LogP contribution in [0.15, 0.2) is 0 Å². The molecule has 1 amide bonds. The summed E-state index contributed by atoms with van der Waals surface area (Å²) in [6, 6.07) is 0. The van der Waals surface area contributed by atoms with Gasteiger partial charge in [0.15, 0.2) is 0 Å². The Balaban J connectivity index is -0.0000000553. The van der Waals surface area contributed by atoms with Crippen molar-refractivity contribution in [3.63, 3.8) is 0 Å². The summed E-state index contributed by atoms with van der Waals surface area (Å²) in [6.07, 6.45) is 0. The molecular formula is C6H8ClKN2O2S2. The SMILES string of the molecule is CC(=O)Cl.CC(=O)NC=S.N#C[S-].[K+]. The zero-order valence-electron chi connectivity index (χ0n) is 8.04. The molecule has 0 aliphatic carbocycles. The van der Waals surface area contributed by atoms with Crippen LogP contribution >= 0.6 is 23.8 Å². The Hall–Kier alpha value is 0.866. The number of carbonyl (C=O) groups is 2. The van der Waals surface area contributed by atoms with Crippen molar-refractivity contribution in [3.8, 4) is 5.40 Å². The smallest absolute Gasteiger partial charge is 0.696 e. The minimum absolute atomic E-state index is 0. The van der Waals surface area contributed by atoms with E-state index in [-0.39, 0.29) is 62.5 Å². The number of hydrogen-bond acceptors (Lipinski definition) is 5. The second-order valence-corrected chi connectivity index (χ2v) is 2.33. The van der Waals surface area contributed by atoms with Crippen LogP contribution in [-0.2, 0) is 22.2 Å². The first-order chi connectivity index (χ1) is 5.92. The molecule has 0 aliphatic rings. The summed E-state index contributed by atoms with van der Waals surface area (Å²) in [6.45, 7) is 2.70. The molecule has 0 aromatic rings. The summed E-state index contributed by atoms with van der Waals surface area (Å²) in [5.74, 6) is -0.120. The molecule has 0 aromatic heterocycles. The molecule has 0 spiro atoms. The van der Waals surface area contributed by atoms with Gasteiger partial charge in [0.2, 0.25) is 11.1 Å². The predicted octanol–water partition coefficient (Wildman–Crippen LogP) is -2.13. The van der Waals surface area contributed by atoms with Gasteiger partial charge >= 0.3 is 51.4 Å². The third kappa shape index (κ3) is 121. The van der Waals surface area contributed by atoms with Crippen molar-refractivity contribution in [1.29, 1.82) is 5.26 Å². The average molecular weight is 279 g/mol. The number of halogens is 1. The van der Waals surface area contributed by atoms with Crippen molar-refractivity contribution in [1.82, 2.24) is 5.32 Å². The number of hydrogen-bond donors (Lipinski definition) is 1. The Labute approximate surface area is 142 Å². The van der Waals surface area contributed by atoms with Gasteiger partial charge in [-0.1, -0.05) is 17.6 Å². The molecule has 0 unspecified atom stereocenters. The van der Waals surface area contributed by atoms with E-state index in [1.807, 2.05) is 0 Å². The number of amides is 1. The van der Waals surface area contributed by atoms with E-state index in [1.54, 1.807) is 0 Å². The van der Waals surface area contributed by atoms with E-state index in [4.69, 9.17) is 5.26 Å². The van der Waals surface area contributed by atoms with Crippen molar-refractivity contribution in [2.75, 3.05) is 0 Å². The summed E-state index contributed by atoms with van der Waals surface area (Å²) in [7, 11) is 0. The topological polar surface area (TPSA) is 70.0 Å². The normalized spacial score (nSPS) is 5.29. The van der Waals surface area contributed by atoms with Crippen LogP contribution in [0.4, 0.5) is 0 Å². The first-order valence-corrected chi connectivity index (χ1v) is 4.06. The summed E-state index contributed by atoms with van der Waals surface area (Å²) < 4.78 is 0. The average Bonchev–Trinajstić information content (AvgIpc) is 1.86. The molecule has 74 valence electrons. The number of carbonyl (C=O) groups excluding carboxylic acids is 2. The molecule has 0 bridgehead atoms. The van der Waals surface area contributed by atoms with E-state index >= 15 is 0 Å². The fourth-order valence-corrected chi connectivity index (χ4v) is 0.249. The molecule has 0 saturated carbocycles. The van der Waals surface area contributed by atoms with E-state index in [9.17, 15) is 9.59 Å². The van der Waals surface area contributed by atoms with Crippen LogP contribution in [0.3, 0.4) is 0 Å². The van der Waals surface area contributed by atoms with Gasteiger partial charge in [-0.05, 0) is 11.6 Å². The Bertz CT molecular complexity index is 204. The Kier molecular flexibility index (Phi) is 40.8. The van der Waals surface area contributed by atoms with Gasteiger partial charge in [-0.25, -0.2) is 5.26 Å². The van der Waals surface area contributed by atoms with E-state index in [2.05, 4.69) is 41.8 Å². The fourth-order valence-electron chi connectivity index (χ4n) is 0.0830. The zero-order valence-corrected chi connectivity index (χ0v) is 13.5. The Morgan fingerprint density at radius 3 is 1.79 bits per heavy atom. The van der Waals surface area contributed by atoms with Crippen LogP contribution in [0, 0.1) is 10.7 Å². The molecule has 0 aliphatic heterocycles. The Morgan fingerprint density at radius 2 is 1.79 bits per heavy atom. The van der Waals surface area contributed by atoms with E-state index in [0.29, 0.717) is 0 Å². The number of thiocyanates is 1. The molecule has 0 fully saturated rings. The van der Waals surface area contributed by atoms with Gasteiger partial charge in [0.05, 0.1) is 5.49 Å². The largest absolute Gasteiger partial charge is 1.00 e. The molecule has 8 heteroatoms. The van der Waals surface area contributed by atoms with Crippen LogP contribution < -0.4 is 56.7 Å². The van der Waals surface area contributed by atoms with Gasteiger partial charge in [-0.3, -0.25) is 9.59 Å². The van der Waals surface area contributed by atoms with Gasteiger partial charge < -0.3 is 17.9 Å². The maximum absolute atomic E-state index is 9.83. The number of nitrogens with zero attached hydrogens (tertiary/aromatic N) is 1. The Morgan fingerprint density at radius 1 is 1.57 bits per heavy atom. The molecule has 0 atom stereocenters. The summed E-state index contributed by atoms with van der Waals surface area (Å²) in [5, 5.41) is 10.4. The third-order valence-corrected chi connectivity index (χ3v) is 0.380. The molecule has 0 saturated heterocycles. The summed E-state index contributed by atoms with van der Waals surface area (Å²) in [5.41, 5.74) is 1.18. The van der Waals surface area contributed by atoms with Crippen LogP contribution in [0.2, 0.25) is 0 Å². The minimum Gasteiger partial charge on any atom is -0.696 e. The molecule has 0 rings (SSSR count). The van der Waals surface area contributed by atoms with Crippen molar-refractivity contribution in [2.24, 2.45) is 0 Å². The maximum atomic E-state index is 9.83. The molecule has 14 heavy (non-hydrogen) atoms. The van der Waals surface area contributed by atoms with Crippen molar-refractivity contribution >= 4 is 53.1 Å². The molecule has 0 aromatic carbocycles. The van der Waals surface area contributed by atoms with Gasteiger partial charge in [-0.2, -0.15) is 0 Å². The van der Waals surface area contributed by atoms with Gasteiger partial charge in [0.25, 0.3) is 0 Å². The number of nitriles is 1. The minimum atomic E-state index is -0.361. The summed E-state index contributed by atoms with van der Waals surface area (Å²) in [4.78, 5) is 19.0. The molecule has 0 heterocycles. The number of nitrogens with one attached hydrogen (secondary N) is 1. The predicted molar refractivity (Wildman–Crippen MR) is 57.0 cm³/mol. The second kappa shape index (κ2) is 23.6. The van der Waals surface area contributed by atoms with E-state index in [0.717, 1.165) is 0 Å². The number of thiocarbonyl (C=S) groups is 1. The van der Waals surface area contributed by atoms with Crippen LogP contribution in [-0.4, -0.2) is 16.6 Å². The fraction of sp³-hybridized carbons (Fsp3) is 0.333. The quantitative estimate of drug-likeness (QED) is 0.195. The van der Waals surface area contributed by atoms with E-state index in [1.165, 1.54) is 24.7 Å². The van der Waals surface area contributed by atoms with Gasteiger partial charge in [-0.15, -0.1) is 0 Å². The zero-order chi connectivity index (χ0) is 11.3. The van der Waals surface area contributed by atoms with Crippen molar-refractivity contribution < 1.29 is 61.0 Å². The van der Waals surface area contributed by atoms with Gasteiger partial charge in [0.1, 0.15) is 0 Å². The first kappa shape index (κ1) is 24.2.